The van der Waals surface area contributed by atoms with Crippen molar-refractivity contribution in [3.05, 3.63) is 56.6 Å². The molecule has 0 saturated heterocycles. The van der Waals surface area contributed by atoms with Crippen LogP contribution in [-0.4, -0.2) is 31.9 Å². The molecule has 0 saturated carbocycles. The van der Waals surface area contributed by atoms with E-state index in [1.165, 1.54) is 12.3 Å². The van der Waals surface area contributed by atoms with Gasteiger partial charge in [-0.1, -0.05) is 0 Å². The molecule has 2 aromatic heterocycles. The molecular formula is C11H8N4O5. The monoisotopic (exact) mass is 276 g/mol. The fourth-order valence-electron chi connectivity index (χ4n) is 1.45. The van der Waals surface area contributed by atoms with Crippen LogP contribution in [0, 0.1) is 0 Å². The average Bonchev–Trinajstić information content (AvgIpc) is 2.38. The molecule has 9 heteroatoms. The summed E-state index contributed by atoms with van der Waals surface area (Å²) in [6, 6.07) is 1.20. The first kappa shape index (κ1) is 13.2. The minimum Gasteiger partial charge on any atom is -0.478 e. The summed E-state index contributed by atoms with van der Waals surface area (Å²) in [5.41, 5.74) is -2.22. The van der Waals surface area contributed by atoms with Crippen LogP contribution < -0.4 is 16.6 Å². The van der Waals surface area contributed by atoms with Crippen LogP contribution in [0.5, 0.6) is 0 Å². The number of aromatic amines is 2. The second-order valence-electron chi connectivity index (χ2n) is 3.67. The first-order valence-electron chi connectivity index (χ1n) is 5.29. The summed E-state index contributed by atoms with van der Waals surface area (Å²) in [4.78, 5) is 52.8. The van der Waals surface area contributed by atoms with Crippen molar-refractivity contribution in [1.82, 2.24) is 15.0 Å². The Morgan fingerprint density at radius 3 is 2.65 bits per heavy atom. The molecule has 0 bridgehead atoms. The van der Waals surface area contributed by atoms with E-state index >= 15 is 0 Å². The number of pyridine rings is 1. The van der Waals surface area contributed by atoms with Crippen molar-refractivity contribution in [2.24, 2.45) is 0 Å². The zero-order valence-electron chi connectivity index (χ0n) is 9.84. The molecular weight excluding hydrogens is 268 g/mol. The van der Waals surface area contributed by atoms with E-state index < -0.39 is 23.1 Å². The average molecular weight is 276 g/mol. The standard InChI is InChI=1S/C11H8N4O5/c16-8(6-3-13-11(20)15-9(6)17)14-7-4-12-2-1-5(7)10(18)19/h1-4H,(H,14,16)(H,18,19)(H2,13,15,17,20). The molecule has 0 aliphatic carbocycles. The van der Waals surface area contributed by atoms with Gasteiger partial charge in [-0.3, -0.25) is 19.6 Å². The number of carboxylic acids is 1. The Labute approximate surface area is 110 Å². The highest BCUT2D eigenvalue weighted by molar-refractivity contribution is 6.07. The number of nitrogens with zero attached hydrogens (tertiary/aromatic N) is 1. The van der Waals surface area contributed by atoms with Crippen molar-refractivity contribution in [2.75, 3.05) is 5.32 Å². The van der Waals surface area contributed by atoms with Crippen molar-refractivity contribution in [2.45, 2.75) is 0 Å². The van der Waals surface area contributed by atoms with Gasteiger partial charge >= 0.3 is 11.7 Å². The van der Waals surface area contributed by atoms with Gasteiger partial charge in [-0.2, -0.15) is 0 Å². The number of nitrogens with one attached hydrogen (secondary N) is 3. The maximum atomic E-state index is 11.8. The van der Waals surface area contributed by atoms with Gasteiger partial charge in [0, 0.05) is 12.4 Å². The lowest BCUT2D eigenvalue weighted by atomic mass is 10.2. The summed E-state index contributed by atoms with van der Waals surface area (Å²) in [5.74, 6) is -2.11. The van der Waals surface area contributed by atoms with Crippen LogP contribution >= 0.6 is 0 Å². The molecule has 0 spiro atoms. The van der Waals surface area contributed by atoms with Crippen molar-refractivity contribution in [3.8, 4) is 0 Å². The summed E-state index contributed by atoms with van der Waals surface area (Å²) >= 11 is 0. The molecule has 2 aromatic rings. The van der Waals surface area contributed by atoms with E-state index in [0.29, 0.717) is 0 Å². The van der Waals surface area contributed by atoms with E-state index in [2.05, 4.69) is 15.3 Å². The van der Waals surface area contributed by atoms with E-state index in [1.54, 1.807) is 0 Å². The number of carbonyl (C=O) groups excluding carboxylic acids is 1. The van der Waals surface area contributed by atoms with Crippen molar-refractivity contribution >= 4 is 17.6 Å². The fraction of sp³-hybridized carbons (Fsp3) is 0. The predicted molar refractivity (Wildman–Crippen MR) is 66.8 cm³/mol. The normalized spacial score (nSPS) is 10.0. The fourth-order valence-corrected chi connectivity index (χ4v) is 1.45. The lowest BCUT2D eigenvalue weighted by Gasteiger charge is -2.06. The molecule has 0 aromatic carbocycles. The quantitative estimate of drug-likeness (QED) is 0.589. The third-order valence-electron chi connectivity index (χ3n) is 2.36. The summed E-state index contributed by atoms with van der Waals surface area (Å²) in [7, 11) is 0. The highest BCUT2D eigenvalue weighted by atomic mass is 16.4. The van der Waals surface area contributed by atoms with Gasteiger partial charge in [0.05, 0.1) is 17.4 Å². The minimum atomic E-state index is -1.25. The number of amides is 1. The van der Waals surface area contributed by atoms with Gasteiger partial charge in [0.25, 0.3) is 11.5 Å². The van der Waals surface area contributed by atoms with Gasteiger partial charge in [-0.05, 0) is 6.07 Å². The molecule has 0 aliphatic heterocycles. The van der Waals surface area contributed by atoms with Crippen molar-refractivity contribution in [3.63, 3.8) is 0 Å². The number of aromatic nitrogens is 3. The second kappa shape index (κ2) is 5.18. The van der Waals surface area contributed by atoms with Gasteiger partial charge in [0.2, 0.25) is 0 Å². The number of anilines is 1. The van der Waals surface area contributed by atoms with Crippen LogP contribution in [0.25, 0.3) is 0 Å². The van der Waals surface area contributed by atoms with Gasteiger partial charge < -0.3 is 15.4 Å². The zero-order chi connectivity index (χ0) is 14.7. The SMILES string of the molecule is O=C(O)c1ccncc1NC(=O)c1c[nH]c(=O)[nH]c1=O. The molecule has 0 radical (unpaired) electrons. The molecule has 102 valence electrons. The highest BCUT2D eigenvalue weighted by Crippen LogP contribution is 2.13. The summed E-state index contributed by atoms with van der Waals surface area (Å²) in [6.45, 7) is 0. The number of aromatic carboxylic acids is 1. The number of H-pyrrole nitrogens is 2. The maximum absolute atomic E-state index is 11.8. The molecule has 1 amide bonds. The Balaban J connectivity index is 2.35. The third-order valence-corrected chi connectivity index (χ3v) is 2.36. The third kappa shape index (κ3) is 2.61. The topological polar surface area (TPSA) is 145 Å². The highest BCUT2D eigenvalue weighted by Gasteiger charge is 2.15. The van der Waals surface area contributed by atoms with E-state index in [1.807, 2.05) is 4.98 Å². The Hall–Kier alpha value is -3.23. The molecule has 2 heterocycles. The van der Waals surface area contributed by atoms with Gasteiger partial charge in [-0.15, -0.1) is 0 Å². The molecule has 0 unspecified atom stereocenters. The van der Waals surface area contributed by atoms with Crippen LogP contribution in [0.15, 0.2) is 34.2 Å². The number of carboxylic acid groups (broad SMARTS) is 1. The van der Waals surface area contributed by atoms with E-state index in [0.717, 1.165) is 12.4 Å². The largest absolute Gasteiger partial charge is 0.478 e. The van der Waals surface area contributed by atoms with Crippen LogP contribution in [0.4, 0.5) is 5.69 Å². The van der Waals surface area contributed by atoms with E-state index in [4.69, 9.17) is 5.11 Å². The van der Waals surface area contributed by atoms with Crippen LogP contribution in [0.2, 0.25) is 0 Å². The summed E-state index contributed by atoms with van der Waals surface area (Å²) in [5, 5.41) is 11.2. The first-order chi connectivity index (χ1) is 9.49. The Kier molecular flexibility index (Phi) is 3.42. The molecule has 4 N–H and O–H groups in total. The van der Waals surface area contributed by atoms with Crippen molar-refractivity contribution in [1.29, 1.82) is 0 Å². The van der Waals surface area contributed by atoms with E-state index in [9.17, 15) is 19.2 Å². The second-order valence-corrected chi connectivity index (χ2v) is 3.67. The van der Waals surface area contributed by atoms with Crippen LogP contribution in [-0.2, 0) is 0 Å². The molecule has 0 fully saturated rings. The Morgan fingerprint density at radius 1 is 1.25 bits per heavy atom. The first-order valence-corrected chi connectivity index (χ1v) is 5.29. The molecule has 0 aliphatic rings. The van der Waals surface area contributed by atoms with Crippen molar-refractivity contribution < 1.29 is 14.7 Å². The van der Waals surface area contributed by atoms with Crippen LogP contribution in [0.3, 0.4) is 0 Å². The van der Waals surface area contributed by atoms with E-state index in [-0.39, 0.29) is 16.8 Å². The summed E-state index contributed by atoms with van der Waals surface area (Å²) < 4.78 is 0. The predicted octanol–water partition coefficient (Wildman–Crippen LogP) is -0.591. The molecule has 20 heavy (non-hydrogen) atoms. The van der Waals surface area contributed by atoms with Crippen LogP contribution in [0.1, 0.15) is 20.7 Å². The van der Waals surface area contributed by atoms with Gasteiger partial charge in [-0.25, -0.2) is 9.59 Å². The number of rotatable bonds is 3. The lowest BCUT2D eigenvalue weighted by molar-refractivity contribution is 0.0698. The maximum Gasteiger partial charge on any atom is 0.337 e. The minimum absolute atomic E-state index is 0.0596. The number of hydrogen-bond donors (Lipinski definition) is 4. The lowest BCUT2D eigenvalue weighted by Crippen LogP contribution is -2.30. The van der Waals surface area contributed by atoms with Gasteiger partial charge in [0.1, 0.15) is 5.56 Å². The molecule has 0 atom stereocenters. The smallest absolute Gasteiger partial charge is 0.337 e. The molecule has 9 nitrogen and oxygen atoms in total. The summed E-state index contributed by atoms with van der Waals surface area (Å²) in [6.07, 6.45) is 3.33. The Morgan fingerprint density at radius 2 is 2.00 bits per heavy atom. The van der Waals surface area contributed by atoms with Gasteiger partial charge in [0.15, 0.2) is 0 Å². The number of carbonyl (C=O) groups is 2. The Bertz CT molecular complexity index is 792. The zero-order valence-corrected chi connectivity index (χ0v) is 9.84. The number of hydrogen-bond acceptors (Lipinski definition) is 5. The molecule has 2 rings (SSSR count).